The number of nitrogens with one attached hydrogen (secondary N) is 1. The number of halogens is 2. The highest BCUT2D eigenvalue weighted by atomic mass is 19.1. The minimum Gasteiger partial charge on any atom is -0.351 e. The summed E-state index contributed by atoms with van der Waals surface area (Å²) in [7, 11) is 0. The third kappa shape index (κ3) is 4.69. The normalized spacial score (nSPS) is 16.1. The van der Waals surface area contributed by atoms with Crippen molar-refractivity contribution in [3.63, 3.8) is 0 Å². The van der Waals surface area contributed by atoms with Crippen molar-refractivity contribution in [3.8, 4) is 16.9 Å². The lowest BCUT2D eigenvalue weighted by atomic mass is 9.94. The average Bonchev–Trinajstić information content (AvgIpc) is 2.89. The molecule has 4 aromatic rings. The third-order valence-electron chi connectivity index (χ3n) is 7.40. The van der Waals surface area contributed by atoms with E-state index in [0.29, 0.717) is 47.8 Å². The summed E-state index contributed by atoms with van der Waals surface area (Å²) in [5, 5.41) is 3.73. The molecule has 1 aliphatic heterocycles. The second-order valence-electron chi connectivity index (χ2n) is 10.9. The van der Waals surface area contributed by atoms with Crippen LogP contribution in [-0.4, -0.2) is 45.2 Å². The quantitative estimate of drug-likeness (QED) is 0.367. The summed E-state index contributed by atoms with van der Waals surface area (Å²) < 4.78 is 32.7. The highest BCUT2D eigenvalue weighted by Crippen LogP contribution is 2.36. The van der Waals surface area contributed by atoms with Crippen LogP contribution < -0.4 is 15.9 Å². The smallest absolute Gasteiger partial charge is 0.351 e. The van der Waals surface area contributed by atoms with Crippen LogP contribution >= 0.6 is 0 Å². The van der Waals surface area contributed by atoms with Gasteiger partial charge in [-0.1, -0.05) is 39.8 Å². The van der Waals surface area contributed by atoms with E-state index < -0.39 is 17.3 Å². The van der Waals surface area contributed by atoms with Crippen LogP contribution in [0.2, 0.25) is 0 Å². The van der Waals surface area contributed by atoms with Crippen LogP contribution in [0.3, 0.4) is 0 Å². The monoisotopic (exact) mass is 532 g/mol. The second kappa shape index (κ2) is 10.4. The number of pyridine rings is 2. The topological polar surface area (TPSA) is 75.9 Å². The Balaban J connectivity index is 1.93. The van der Waals surface area contributed by atoms with Gasteiger partial charge in [0.05, 0.1) is 16.8 Å². The molecule has 0 radical (unpaired) electrons. The van der Waals surface area contributed by atoms with Crippen molar-refractivity contribution in [2.75, 3.05) is 24.5 Å². The summed E-state index contributed by atoms with van der Waals surface area (Å²) in [4.78, 5) is 29.7. The summed E-state index contributed by atoms with van der Waals surface area (Å²) >= 11 is 0. The van der Waals surface area contributed by atoms with Gasteiger partial charge in [0.2, 0.25) is 0 Å². The van der Waals surface area contributed by atoms with Gasteiger partial charge in [-0.3, -0.25) is 4.98 Å². The van der Waals surface area contributed by atoms with E-state index in [1.807, 2.05) is 52.5 Å². The number of rotatable bonds is 5. The summed E-state index contributed by atoms with van der Waals surface area (Å²) in [6.07, 6.45) is 1.71. The zero-order chi connectivity index (χ0) is 28.0. The van der Waals surface area contributed by atoms with Gasteiger partial charge in [-0.05, 0) is 55.0 Å². The van der Waals surface area contributed by atoms with E-state index in [4.69, 9.17) is 4.98 Å². The molecule has 5 rings (SSSR count). The molecule has 1 atom stereocenters. The van der Waals surface area contributed by atoms with Gasteiger partial charge in [0.1, 0.15) is 23.1 Å². The number of aryl methyl sites for hydroxylation is 1. The van der Waals surface area contributed by atoms with E-state index in [9.17, 15) is 4.79 Å². The van der Waals surface area contributed by atoms with E-state index in [1.165, 1.54) is 16.7 Å². The first-order valence-corrected chi connectivity index (χ1v) is 13.5. The third-order valence-corrected chi connectivity index (χ3v) is 7.40. The molecule has 9 heteroatoms. The number of fused-ring (bicyclic) bond motifs is 1. The van der Waals surface area contributed by atoms with Crippen LogP contribution in [0.15, 0.2) is 41.3 Å². The molecule has 3 aromatic heterocycles. The largest absolute Gasteiger partial charge is 0.355 e. The molecule has 0 amide bonds. The van der Waals surface area contributed by atoms with Crippen molar-refractivity contribution in [2.24, 2.45) is 0 Å². The summed E-state index contributed by atoms with van der Waals surface area (Å²) in [5.74, 6) is -0.932. The van der Waals surface area contributed by atoms with Gasteiger partial charge in [0, 0.05) is 37.4 Å². The fourth-order valence-corrected chi connectivity index (χ4v) is 5.41. The first-order valence-electron chi connectivity index (χ1n) is 13.5. The van der Waals surface area contributed by atoms with Gasteiger partial charge < -0.3 is 10.2 Å². The van der Waals surface area contributed by atoms with Crippen molar-refractivity contribution in [2.45, 2.75) is 59.4 Å². The SMILES string of the molecule is Cc1ccnc(C(C)C)c1-n1c(=O)nc(N2CCNC[C@@H]2C)c2cc(F)c(-c3c(F)cccc3C(C)C)nc21. The number of nitrogens with zero attached hydrogens (tertiary/aromatic N) is 5. The van der Waals surface area contributed by atoms with Gasteiger partial charge in [-0.2, -0.15) is 4.98 Å². The lowest BCUT2D eigenvalue weighted by molar-refractivity contribution is 0.497. The van der Waals surface area contributed by atoms with Gasteiger partial charge in [0.15, 0.2) is 5.65 Å². The molecule has 0 unspecified atom stereocenters. The maximum atomic E-state index is 16.0. The van der Waals surface area contributed by atoms with Gasteiger partial charge in [0.25, 0.3) is 0 Å². The van der Waals surface area contributed by atoms with E-state index in [2.05, 4.69) is 15.3 Å². The van der Waals surface area contributed by atoms with E-state index in [-0.39, 0.29) is 34.8 Å². The van der Waals surface area contributed by atoms with Crippen molar-refractivity contribution in [1.29, 1.82) is 0 Å². The van der Waals surface area contributed by atoms with Crippen LogP contribution in [0, 0.1) is 18.6 Å². The van der Waals surface area contributed by atoms with Gasteiger partial charge in [-0.15, -0.1) is 0 Å². The molecule has 1 fully saturated rings. The number of hydrogen-bond acceptors (Lipinski definition) is 6. The van der Waals surface area contributed by atoms with Crippen molar-refractivity contribution in [3.05, 3.63) is 75.5 Å². The van der Waals surface area contributed by atoms with Crippen LogP contribution in [0.25, 0.3) is 28.0 Å². The second-order valence-corrected chi connectivity index (χ2v) is 10.9. The molecule has 0 spiro atoms. The predicted molar refractivity (Wildman–Crippen MR) is 151 cm³/mol. The summed E-state index contributed by atoms with van der Waals surface area (Å²) in [6, 6.07) is 7.90. The number of hydrogen-bond donors (Lipinski definition) is 1. The molecular formula is C30H34F2N6O. The lowest BCUT2D eigenvalue weighted by Crippen LogP contribution is -2.50. The zero-order valence-electron chi connectivity index (χ0n) is 23.2. The highest BCUT2D eigenvalue weighted by Gasteiger charge is 2.28. The van der Waals surface area contributed by atoms with Crippen molar-refractivity contribution < 1.29 is 8.78 Å². The minimum atomic E-state index is -0.669. The Morgan fingerprint density at radius 2 is 1.82 bits per heavy atom. The fourth-order valence-electron chi connectivity index (χ4n) is 5.41. The molecular weight excluding hydrogens is 498 g/mol. The molecule has 7 nitrogen and oxygen atoms in total. The highest BCUT2D eigenvalue weighted by molar-refractivity contribution is 5.91. The fraction of sp³-hybridized carbons (Fsp3) is 0.400. The van der Waals surface area contributed by atoms with Crippen LogP contribution in [0.4, 0.5) is 14.6 Å². The molecule has 0 aliphatic carbocycles. The molecule has 1 N–H and O–H groups in total. The molecule has 0 saturated carbocycles. The van der Waals surface area contributed by atoms with E-state index >= 15 is 8.78 Å². The molecule has 1 saturated heterocycles. The molecule has 39 heavy (non-hydrogen) atoms. The maximum absolute atomic E-state index is 16.0. The number of aromatic nitrogens is 4. The van der Waals surface area contributed by atoms with E-state index in [1.54, 1.807) is 18.3 Å². The van der Waals surface area contributed by atoms with E-state index in [0.717, 1.165) is 5.56 Å². The minimum absolute atomic E-state index is 0.00579. The Hall–Kier alpha value is -3.72. The van der Waals surface area contributed by atoms with Crippen molar-refractivity contribution >= 4 is 16.9 Å². The first kappa shape index (κ1) is 26.9. The standard InChI is InChI=1S/C30H34F2N6O/c1-16(2)20-8-7-9-22(31)24(20)26-23(32)14-21-28(37-13-12-33-15-19(37)6)36-30(39)38(29(21)35-26)27-18(5)10-11-34-25(27)17(3)4/h7-11,14,16-17,19,33H,12-13,15H2,1-6H3/t19-/m0/s1. The molecule has 1 aliphatic rings. The Morgan fingerprint density at radius 1 is 1.05 bits per heavy atom. The number of benzene rings is 1. The number of piperazine rings is 1. The Kier molecular flexibility index (Phi) is 7.20. The Morgan fingerprint density at radius 3 is 2.51 bits per heavy atom. The Labute approximate surface area is 226 Å². The first-order chi connectivity index (χ1) is 18.6. The average molecular weight is 533 g/mol. The van der Waals surface area contributed by atoms with Crippen molar-refractivity contribution in [1.82, 2.24) is 24.8 Å². The number of anilines is 1. The maximum Gasteiger partial charge on any atom is 0.355 e. The summed E-state index contributed by atoms with van der Waals surface area (Å²) in [5.41, 5.74) is 2.38. The molecule has 204 valence electrons. The zero-order valence-corrected chi connectivity index (χ0v) is 23.2. The van der Waals surface area contributed by atoms with Gasteiger partial charge in [-0.25, -0.2) is 23.1 Å². The van der Waals surface area contributed by atoms with Gasteiger partial charge >= 0.3 is 5.69 Å². The Bertz CT molecular complexity index is 1610. The van der Waals surface area contributed by atoms with Crippen LogP contribution in [0.1, 0.15) is 63.3 Å². The molecule has 1 aromatic carbocycles. The summed E-state index contributed by atoms with van der Waals surface area (Å²) in [6.45, 7) is 13.8. The molecule has 0 bridgehead atoms. The predicted octanol–water partition coefficient (Wildman–Crippen LogP) is 5.47. The lowest BCUT2D eigenvalue weighted by Gasteiger charge is -2.35. The molecule has 4 heterocycles. The van der Waals surface area contributed by atoms with Crippen LogP contribution in [0.5, 0.6) is 0 Å². The van der Waals surface area contributed by atoms with Crippen LogP contribution in [-0.2, 0) is 0 Å².